The van der Waals surface area contributed by atoms with Gasteiger partial charge in [0.05, 0.1) is 5.69 Å². The molecule has 1 aromatic carbocycles. The molecule has 5 nitrogen and oxygen atoms in total. The van der Waals surface area contributed by atoms with Gasteiger partial charge in [-0.15, -0.1) is 11.3 Å². The monoisotopic (exact) mass is 425 g/mol. The van der Waals surface area contributed by atoms with Crippen LogP contribution in [-0.4, -0.2) is 40.8 Å². The van der Waals surface area contributed by atoms with Crippen LogP contribution >= 0.6 is 11.3 Å². The first-order valence-corrected chi connectivity index (χ1v) is 12.0. The zero-order valence-electron chi connectivity index (χ0n) is 17.7. The zero-order valence-corrected chi connectivity index (χ0v) is 18.5. The van der Waals surface area contributed by atoms with Crippen molar-refractivity contribution in [1.29, 1.82) is 0 Å². The van der Waals surface area contributed by atoms with Crippen LogP contribution < -0.4 is 5.32 Å². The molecule has 2 aromatic rings. The van der Waals surface area contributed by atoms with Crippen LogP contribution in [-0.2, 0) is 4.79 Å². The van der Waals surface area contributed by atoms with E-state index in [4.69, 9.17) is 0 Å². The van der Waals surface area contributed by atoms with Gasteiger partial charge in [0.2, 0.25) is 5.91 Å². The predicted octanol–water partition coefficient (Wildman–Crippen LogP) is 4.81. The third-order valence-corrected chi connectivity index (χ3v) is 7.55. The Labute approximate surface area is 182 Å². The van der Waals surface area contributed by atoms with Crippen LogP contribution in [0.5, 0.6) is 0 Å². The fraction of sp³-hybridized carbons (Fsp3) is 0.542. The fourth-order valence-corrected chi connectivity index (χ4v) is 5.62. The smallest absolute Gasteiger partial charge is 0.265 e. The molecule has 1 saturated carbocycles. The highest BCUT2D eigenvalue weighted by Gasteiger charge is 2.28. The molecule has 4 rings (SSSR count). The molecule has 2 amide bonds. The van der Waals surface area contributed by atoms with Crippen LogP contribution in [0.15, 0.2) is 30.3 Å². The van der Waals surface area contributed by atoms with Crippen molar-refractivity contribution in [2.45, 2.75) is 64.3 Å². The molecule has 1 aliphatic heterocycles. The summed E-state index contributed by atoms with van der Waals surface area (Å²) in [6.07, 6.45) is 8.39. The fourth-order valence-electron chi connectivity index (χ4n) is 4.58. The number of aryl methyl sites for hydroxylation is 1. The molecular formula is C24H31N3O2S. The van der Waals surface area contributed by atoms with E-state index in [0.29, 0.717) is 18.4 Å². The first kappa shape index (κ1) is 21.0. The molecule has 160 valence electrons. The minimum atomic E-state index is 0.0808. The maximum Gasteiger partial charge on any atom is 0.265 e. The molecule has 1 aliphatic carbocycles. The summed E-state index contributed by atoms with van der Waals surface area (Å²) in [6.45, 7) is 3.36. The molecule has 2 fully saturated rings. The number of amides is 2. The van der Waals surface area contributed by atoms with Crippen LogP contribution in [0.3, 0.4) is 0 Å². The highest BCUT2D eigenvalue weighted by molar-refractivity contribution is 7.17. The van der Waals surface area contributed by atoms with Crippen LogP contribution in [0.2, 0.25) is 0 Å². The number of carbonyl (C=O) groups is 2. The number of hydrogen-bond donors (Lipinski definition) is 1. The molecule has 2 heterocycles. The summed E-state index contributed by atoms with van der Waals surface area (Å²) in [5.74, 6) is 0.648. The van der Waals surface area contributed by atoms with Crippen molar-refractivity contribution < 1.29 is 9.59 Å². The Kier molecular flexibility index (Phi) is 6.82. The zero-order chi connectivity index (χ0) is 20.9. The van der Waals surface area contributed by atoms with Gasteiger partial charge in [-0.2, -0.15) is 0 Å². The summed E-state index contributed by atoms with van der Waals surface area (Å²) in [5, 5.41) is 4.12. The Bertz CT molecular complexity index is 866. The molecule has 0 bridgehead atoms. The van der Waals surface area contributed by atoms with E-state index in [1.165, 1.54) is 30.6 Å². The second-order valence-electron chi connectivity index (χ2n) is 8.64. The highest BCUT2D eigenvalue weighted by atomic mass is 32.1. The van der Waals surface area contributed by atoms with Gasteiger partial charge in [-0.25, -0.2) is 4.98 Å². The quantitative estimate of drug-likeness (QED) is 0.748. The number of thiazole rings is 1. The van der Waals surface area contributed by atoms with E-state index in [-0.39, 0.29) is 11.8 Å². The molecule has 6 heteroatoms. The van der Waals surface area contributed by atoms with E-state index < -0.39 is 0 Å². The highest BCUT2D eigenvalue weighted by Crippen LogP contribution is 2.30. The lowest BCUT2D eigenvalue weighted by atomic mass is 9.92. The van der Waals surface area contributed by atoms with E-state index >= 15 is 0 Å². The van der Waals surface area contributed by atoms with Gasteiger partial charge in [-0.3, -0.25) is 9.59 Å². The van der Waals surface area contributed by atoms with Gasteiger partial charge in [-0.1, -0.05) is 49.6 Å². The maximum absolute atomic E-state index is 13.1. The van der Waals surface area contributed by atoms with Crippen molar-refractivity contribution >= 4 is 23.2 Å². The number of nitrogens with zero attached hydrogens (tertiary/aromatic N) is 2. The Morgan fingerprint density at radius 1 is 1.07 bits per heavy atom. The average molecular weight is 426 g/mol. The number of nitrogens with one attached hydrogen (secondary N) is 1. The van der Waals surface area contributed by atoms with Crippen molar-refractivity contribution in [3.05, 3.63) is 40.9 Å². The number of carbonyl (C=O) groups excluding carboxylic acids is 2. The Morgan fingerprint density at radius 2 is 1.77 bits per heavy atom. The van der Waals surface area contributed by atoms with Crippen molar-refractivity contribution in [3.8, 4) is 10.6 Å². The first-order chi connectivity index (χ1) is 14.6. The van der Waals surface area contributed by atoms with E-state index in [1.807, 2.05) is 42.2 Å². The number of aromatic nitrogens is 1. The van der Waals surface area contributed by atoms with Gasteiger partial charge in [0.25, 0.3) is 5.91 Å². The number of hydrogen-bond acceptors (Lipinski definition) is 4. The van der Waals surface area contributed by atoms with Crippen molar-refractivity contribution in [3.63, 3.8) is 0 Å². The normalized spacial score (nSPS) is 18.4. The first-order valence-electron chi connectivity index (χ1n) is 11.2. The standard InChI is InChI=1S/C24H31N3O2S/c1-17-22(30-23(25-17)19-8-4-2-5-9-19)24(29)27-14-12-18(13-15-27)16-21(28)26-20-10-6-3-7-11-20/h2,4-5,8-9,18,20H,3,6-7,10-16H2,1H3,(H,26,28). The van der Waals surface area contributed by atoms with Crippen molar-refractivity contribution in [1.82, 2.24) is 15.2 Å². The third-order valence-electron chi connectivity index (χ3n) is 6.36. The van der Waals surface area contributed by atoms with Gasteiger partial charge in [0, 0.05) is 31.1 Å². The van der Waals surface area contributed by atoms with Gasteiger partial charge in [0.15, 0.2) is 0 Å². The van der Waals surface area contributed by atoms with Gasteiger partial charge >= 0.3 is 0 Å². The van der Waals surface area contributed by atoms with Crippen LogP contribution in [0.4, 0.5) is 0 Å². The SMILES string of the molecule is Cc1nc(-c2ccccc2)sc1C(=O)N1CCC(CC(=O)NC2CCCCC2)CC1. The predicted molar refractivity (Wildman–Crippen MR) is 121 cm³/mol. The van der Waals surface area contributed by atoms with Gasteiger partial charge in [-0.05, 0) is 38.5 Å². The largest absolute Gasteiger partial charge is 0.353 e. The molecule has 1 aromatic heterocycles. The molecular weight excluding hydrogens is 394 g/mol. The number of rotatable bonds is 5. The second-order valence-corrected chi connectivity index (χ2v) is 9.64. The molecule has 0 unspecified atom stereocenters. The molecule has 1 saturated heterocycles. The summed E-state index contributed by atoms with van der Waals surface area (Å²) in [7, 11) is 0. The summed E-state index contributed by atoms with van der Waals surface area (Å²) >= 11 is 1.48. The second kappa shape index (κ2) is 9.73. The Hall–Kier alpha value is -2.21. The molecule has 1 N–H and O–H groups in total. The number of benzene rings is 1. The van der Waals surface area contributed by atoms with Crippen LogP contribution in [0.25, 0.3) is 10.6 Å². The minimum absolute atomic E-state index is 0.0808. The number of piperidine rings is 1. The Morgan fingerprint density at radius 3 is 2.47 bits per heavy atom. The minimum Gasteiger partial charge on any atom is -0.353 e. The summed E-state index contributed by atoms with van der Waals surface area (Å²) < 4.78 is 0. The topological polar surface area (TPSA) is 62.3 Å². The van der Waals surface area contributed by atoms with E-state index in [1.54, 1.807) is 0 Å². The van der Waals surface area contributed by atoms with E-state index in [9.17, 15) is 9.59 Å². The third kappa shape index (κ3) is 5.09. The number of likely N-dealkylation sites (tertiary alicyclic amines) is 1. The molecule has 0 atom stereocenters. The van der Waals surface area contributed by atoms with Gasteiger partial charge < -0.3 is 10.2 Å². The average Bonchev–Trinajstić information content (AvgIpc) is 3.17. The molecule has 2 aliphatic rings. The summed E-state index contributed by atoms with van der Waals surface area (Å²) in [5.41, 5.74) is 1.85. The Balaban J connectivity index is 1.29. The lowest BCUT2D eigenvalue weighted by molar-refractivity contribution is -0.123. The molecule has 0 radical (unpaired) electrons. The van der Waals surface area contributed by atoms with Gasteiger partial charge in [0.1, 0.15) is 9.88 Å². The summed E-state index contributed by atoms with van der Waals surface area (Å²) in [6, 6.07) is 10.4. The van der Waals surface area contributed by atoms with Crippen LogP contribution in [0, 0.1) is 12.8 Å². The molecule has 0 spiro atoms. The summed E-state index contributed by atoms with van der Waals surface area (Å²) in [4.78, 5) is 32.8. The van der Waals surface area contributed by atoms with Crippen molar-refractivity contribution in [2.24, 2.45) is 5.92 Å². The lowest BCUT2D eigenvalue weighted by Gasteiger charge is -2.32. The van der Waals surface area contributed by atoms with E-state index in [2.05, 4.69) is 10.3 Å². The maximum atomic E-state index is 13.1. The van der Waals surface area contributed by atoms with Crippen LogP contribution in [0.1, 0.15) is 66.7 Å². The van der Waals surface area contributed by atoms with Crippen molar-refractivity contribution in [2.75, 3.05) is 13.1 Å². The molecule has 30 heavy (non-hydrogen) atoms. The van der Waals surface area contributed by atoms with E-state index in [0.717, 1.165) is 59.9 Å². The lowest BCUT2D eigenvalue weighted by Crippen LogP contribution is -2.41.